The average molecular weight is 421 g/mol. The van der Waals surface area contributed by atoms with Crippen molar-refractivity contribution in [2.75, 3.05) is 0 Å². The Morgan fingerprint density at radius 2 is 1.97 bits per heavy atom. The second kappa shape index (κ2) is 8.14. The van der Waals surface area contributed by atoms with Crippen LogP contribution in [0.15, 0.2) is 71.8 Å². The molecule has 2 aromatic carbocycles. The number of hydrogen-bond acceptors (Lipinski definition) is 5. The van der Waals surface area contributed by atoms with Gasteiger partial charge in [0, 0.05) is 18.0 Å². The third kappa shape index (κ3) is 4.06. The monoisotopic (exact) mass is 420 g/mol. The molecular formula is C22H16N2O3S2. The minimum Gasteiger partial charge on any atom is -0.480 e. The van der Waals surface area contributed by atoms with Crippen LogP contribution in [0, 0.1) is 0 Å². The van der Waals surface area contributed by atoms with Crippen molar-refractivity contribution in [3.05, 3.63) is 82.9 Å². The molecule has 1 fully saturated rings. The fraction of sp³-hybridized carbons (Fsp3) is 0.0909. The highest BCUT2D eigenvalue weighted by molar-refractivity contribution is 8.26. The van der Waals surface area contributed by atoms with Gasteiger partial charge in [-0.1, -0.05) is 66.4 Å². The number of hydrogen-bond donors (Lipinski definition) is 1. The fourth-order valence-electron chi connectivity index (χ4n) is 3.21. The van der Waals surface area contributed by atoms with Gasteiger partial charge in [0.25, 0.3) is 5.91 Å². The van der Waals surface area contributed by atoms with Crippen molar-refractivity contribution in [3.8, 4) is 0 Å². The van der Waals surface area contributed by atoms with Gasteiger partial charge in [0.2, 0.25) is 0 Å². The van der Waals surface area contributed by atoms with E-state index in [-0.39, 0.29) is 16.6 Å². The van der Waals surface area contributed by atoms with E-state index in [1.54, 1.807) is 12.3 Å². The zero-order valence-electron chi connectivity index (χ0n) is 15.2. The number of carbonyl (C=O) groups excluding carboxylic acids is 1. The molecule has 1 amide bonds. The summed E-state index contributed by atoms with van der Waals surface area (Å²) < 4.78 is 0.257. The molecule has 0 unspecified atom stereocenters. The summed E-state index contributed by atoms with van der Waals surface area (Å²) in [7, 11) is 0. The smallest absolute Gasteiger partial charge is 0.327 e. The molecule has 1 atom stereocenters. The molecule has 3 aromatic rings. The first kappa shape index (κ1) is 19.3. The topological polar surface area (TPSA) is 70.5 Å². The van der Waals surface area contributed by atoms with Crippen molar-refractivity contribution in [3.63, 3.8) is 0 Å². The first-order valence-corrected chi connectivity index (χ1v) is 10.1. The van der Waals surface area contributed by atoms with Crippen LogP contribution in [0.1, 0.15) is 11.1 Å². The Kier molecular flexibility index (Phi) is 5.42. The van der Waals surface area contributed by atoms with Crippen molar-refractivity contribution in [1.29, 1.82) is 0 Å². The molecule has 0 saturated carbocycles. The maximum absolute atomic E-state index is 13.0. The number of carboxylic acids is 1. The Morgan fingerprint density at radius 1 is 1.17 bits per heavy atom. The van der Waals surface area contributed by atoms with Gasteiger partial charge >= 0.3 is 5.97 Å². The molecule has 5 nitrogen and oxygen atoms in total. The Balaban J connectivity index is 1.62. The molecule has 0 bridgehead atoms. The number of pyridine rings is 1. The lowest BCUT2D eigenvalue weighted by atomic mass is 10.0. The van der Waals surface area contributed by atoms with Gasteiger partial charge < -0.3 is 5.11 Å². The molecular weight excluding hydrogens is 404 g/mol. The van der Waals surface area contributed by atoms with E-state index in [0.29, 0.717) is 4.91 Å². The van der Waals surface area contributed by atoms with Crippen LogP contribution < -0.4 is 0 Å². The van der Waals surface area contributed by atoms with Crippen LogP contribution >= 0.6 is 24.0 Å². The predicted molar refractivity (Wildman–Crippen MR) is 118 cm³/mol. The summed E-state index contributed by atoms with van der Waals surface area (Å²) in [5, 5.41) is 10.7. The Hall–Kier alpha value is -3.03. The van der Waals surface area contributed by atoms with E-state index in [4.69, 9.17) is 12.2 Å². The number of benzene rings is 2. The molecule has 1 aliphatic heterocycles. The van der Waals surface area contributed by atoms with Crippen LogP contribution in [-0.4, -0.2) is 37.2 Å². The summed E-state index contributed by atoms with van der Waals surface area (Å²) in [5.74, 6) is -1.46. The minimum atomic E-state index is -1.08. The summed E-state index contributed by atoms with van der Waals surface area (Å²) in [6.45, 7) is 0. The van der Waals surface area contributed by atoms with Gasteiger partial charge in [0.1, 0.15) is 10.4 Å². The molecule has 144 valence electrons. The van der Waals surface area contributed by atoms with Crippen LogP contribution in [0.4, 0.5) is 0 Å². The number of amides is 1. The number of nitrogens with zero attached hydrogens (tertiary/aromatic N) is 2. The SMILES string of the molecule is O=C(O)[C@@H](Cc1ccccc1)N1C(=O)/C(=C/c2ccc3ncccc3c2)SC1=S. The van der Waals surface area contributed by atoms with Gasteiger partial charge in [0.15, 0.2) is 0 Å². The van der Waals surface area contributed by atoms with Gasteiger partial charge in [-0.25, -0.2) is 4.79 Å². The lowest BCUT2D eigenvalue weighted by Gasteiger charge is -2.23. The predicted octanol–water partition coefficient (Wildman–Crippen LogP) is 4.13. The van der Waals surface area contributed by atoms with E-state index in [1.165, 1.54) is 4.90 Å². The van der Waals surface area contributed by atoms with Gasteiger partial charge in [-0.05, 0) is 35.4 Å². The van der Waals surface area contributed by atoms with Gasteiger partial charge in [-0.2, -0.15) is 0 Å². The molecule has 2 heterocycles. The summed E-state index contributed by atoms with van der Waals surface area (Å²) >= 11 is 6.48. The van der Waals surface area contributed by atoms with E-state index in [1.807, 2.05) is 60.7 Å². The van der Waals surface area contributed by atoms with E-state index in [9.17, 15) is 14.7 Å². The molecule has 0 spiro atoms. The van der Waals surface area contributed by atoms with Gasteiger partial charge in [-0.15, -0.1) is 0 Å². The molecule has 0 radical (unpaired) electrons. The van der Waals surface area contributed by atoms with E-state index in [0.717, 1.165) is 33.8 Å². The highest BCUT2D eigenvalue weighted by Crippen LogP contribution is 2.35. The van der Waals surface area contributed by atoms with Crippen LogP contribution in [0.3, 0.4) is 0 Å². The van der Waals surface area contributed by atoms with Crippen molar-refractivity contribution in [1.82, 2.24) is 9.88 Å². The number of aliphatic carboxylic acids is 1. The van der Waals surface area contributed by atoms with Crippen LogP contribution in [0.5, 0.6) is 0 Å². The molecule has 1 aromatic heterocycles. The number of carbonyl (C=O) groups is 2. The van der Waals surface area contributed by atoms with Crippen molar-refractivity contribution in [2.24, 2.45) is 0 Å². The number of rotatable bonds is 5. The number of fused-ring (bicyclic) bond motifs is 1. The molecule has 1 saturated heterocycles. The average Bonchev–Trinajstić information content (AvgIpc) is 2.99. The summed E-state index contributed by atoms with van der Waals surface area (Å²) in [5.41, 5.74) is 2.53. The number of thiocarbonyl (C=S) groups is 1. The van der Waals surface area contributed by atoms with Crippen molar-refractivity contribution < 1.29 is 14.7 Å². The van der Waals surface area contributed by atoms with Gasteiger partial charge in [0.05, 0.1) is 10.4 Å². The first-order valence-electron chi connectivity index (χ1n) is 8.91. The van der Waals surface area contributed by atoms with E-state index < -0.39 is 12.0 Å². The summed E-state index contributed by atoms with van der Waals surface area (Å²) in [6.07, 6.45) is 3.66. The third-order valence-corrected chi connectivity index (χ3v) is 5.95. The van der Waals surface area contributed by atoms with E-state index in [2.05, 4.69) is 4.98 Å². The van der Waals surface area contributed by atoms with Crippen LogP contribution in [0.2, 0.25) is 0 Å². The summed E-state index contributed by atoms with van der Waals surface area (Å²) in [4.78, 5) is 30.8. The molecule has 7 heteroatoms. The molecule has 1 aliphatic rings. The van der Waals surface area contributed by atoms with Crippen molar-refractivity contribution >= 4 is 57.2 Å². The summed E-state index contributed by atoms with van der Waals surface area (Å²) in [6, 6.07) is 17.7. The maximum Gasteiger partial charge on any atom is 0.327 e. The number of thioether (sulfide) groups is 1. The number of aromatic nitrogens is 1. The Morgan fingerprint density at radius 3 is 2.72 bits per heavy atom. The minimum absolute atomic E-state index is 0.192. The number of carboxylic acid groups (broad SMARTS) is 1. The lowest BCUT2D eigenvalue weighted by molar-refractivity contribution is -0.145. The second-order valence-corrected chi connectivity index (χ2v) is 8.23. The molecule has 29 heavy (non-hydrogen) atoms. The van der Waals surface area contributed by atoms with Crippen LogP contribution in [-0.2, 0) is 16.0 Å². The Labute approximate surface area is 177 Å². The largest absolute Gasteiger partial charge is 0.480 e. The highest BCUT2D eigenvalue weighted by atomic mass is 32.2. The standard InChI is InChI=1S/C22H16N2O3S2/c25-20-19(13-15-8-9-17-16(11-15)7-4-10-23-17)29-22(28)24(20)18(21(26)27)12-14-5-2-1-3-6-14/h1-11,13,18H,12H2,(H,26,27)/b19-13-/t18-/m1/s1. The molecule has 4 rings (SSSR count). The normalized spacial score (nSPS) is 16.6. The zero-order valence-corrected chi connectivity index (χ0v) is 16.8. The van der Waals surface area contributed by atoms with Crippen LogP contribution in [0.25, 0.3) is 17.0 Å². The zero-order chi connectivity index (χ0) is 20.4. The second-order valence-electron chi connectivity index (χ2n) is 6.55. The quantitative estimate of drug-likeness (QED) is 0.494. The fourth-order valence-corrected chi connectivity index (χ4v) is 4.57. The maximum atomic E-state index is 13.0. The lowest BCUT2D eigenvalue weighted by Crippen LogP contribution is -2.45. The van der Waals surface area contributed by atoms with Crippen molar-refractivity contribution in [2.45, 2.75) is 12.5 Å². The van der Waals surface area contributed by atoms with Gasteiger partial charge in [-0.3, -0.25) is 14.7 Å². The van der Waals surface area contributed by atoms with E-state index >= 15 is 0 Å². The first-order chi connectivity index (χ1) is 14.0. The third-order valence-electron chi connectivity index (χ3n) is 4.62. The highest BCUT2D eigenvalue weighted by Gasteiger charge is 2.40. The Bertz CT molecular complexity index is 1150. The molecule has 1 N–H and O–H groups in total. The molecule has 0 aliphatic carbocycles.